The zero-order valence-corrected chi connectivity index (χ0v) is 30.1. The van der Waals surface area contributed by atoms with E-state index in [0.717, 1.165) is 28.0 Å². The number of rotatable bonds is 6. The van der Waals surface area contributed by atoms with Crippen molar-refractivity contribution in [3.63, 3.8) is 0 Å². The quantitative estimate of drug-likeness (QED) is 0.165. The van der Waals surface area contributed by atoms with Gasteiger partial charge in [-0.05, 0) is 97.8 Å². The van der Waals surface area contributed by atoms with E-state index in [2.05, 4.69) is 143 Å². The van der Waals surface area contributed by atoms with Gasteiger partial charge in [-0.25, -0.2) is 4.98 Å². The predicted octanol–water partition coefficient (Wildman–Crippen LogP) is 13.9. The summed E-state index contributed by atoms with van der Waals surface area (Å²) in [7, 11) is 0. The van der Waals surface area contributed by atoms with Gasteiger partial charge in [0.1, 0.15) is 5.82 Å². The van der Waals surface area contributed by atoms with Crippen LogP contribution in [0.25, 0.3) is 69.8 Å². The molecular weight excluding hydrogens is 601 g/mol. The number of thiophene rings is 1. The summed E-state index contributed by atoms with van der Waals surface area (Å²) in [4.78, 5) is 5.45. The van der Waals surface area contributed by atoms with Gasteiger partial charge in [0, 0.05) is 27.1 Å². The van der Waals surface area contributed by atoms with E-state index < -0.39 is 5.89 Å². The van der Waals surface area contributed by atoms with Gasteiger partial charge in [0.15, 0.2) is 0 Å². The van der Waals surface area contributed by atoms with Crippen LogP contribution in [-0.2, 0) is 0 Å². The highest BCUT2D eigenvalue weighted by atomic mass is 32.1. The summed E-state index contributed by atoms with van der Waals surface area (Å²) in [5.41, 5.74) is 9.63. The van der Waals surface area contributed by atoms with Gasteiger partial charge in [-0.15, -0.1) is 11.3 Å². The molecule has 240 valence electrons. The molecule has 0 fully saturated rings. The Balaban J connectivity index is 1.52. The van der Waals surface area contributed by atoms with Crippen molar-refractivity contribution in [1.82, 2.24) is 9.55 Å². The first kappa shape index (κ1) is 29.7. The fraction of sp³-hybridized carbons (Fsp3) is 0.267. The first-order valence-corrected chi connectivity index (χ1v) is 18.2. The summed E-state index contributed by atoms with van der Waals surface area (Å²) in [6.07, 6.45) is 0. The van der Waals surface area contributed by atoms with E-state index in [1.807, 2.05) is 25.2 Å². The van der Waals surface area contributed by atoms with Gasteiger partial charge < -0.3 is 0 Å². The van der Waals surface area contributed by atoms with Crippen molar-refractivity contribution in [1.29, 1.82) is 0 Å². The zero-order valence-electron chi connectivity index (χ0n) is 30.3. The van der Waals surface area contributed by atoms with Crippen LogP contribution in [0.1, 0.15) is 103 Å². The van der Waals surface area contributed by atoms with E-state index in [0.29, 0.717) is 17.8 Å². The molecule has 8 aromatic rings. The molecule has 2 heterocycles. The maximum absolute atomic E-state index is 9.27. The van der Waals surface area contributed by atoms with Crippen LogP contribution < -0.4 is 0 Å². The lowest BCUT2D eigenvalue weighted by Crippen LogP contribution is -2.10. The second kappa shape index (κ2) is 11.6. The monoisotopic (exact) mass is 645 g/mol. The Morgan fingerprint density at radius 1 is 0.625 bits per heavy atom. The highest BCUT2D eigenvalue weighted by Gasteiger charge is 2.26. The lowest BCUT2D eigenvalue weighted by atomic mass is 9.87. The lowest BCUT2D eigenvalue weighted by Gasteiger charge is -2.25. The molecule has 0 aliphatic heterocycles. The highest BCUT2D eigenvalue weighted by molar-refractivity contribution is 7.26. The Hall–Kier alpha value is -4.47. The number of imidazole rings is 1. The van der Waals surface area contributed by atoms with Gasteiger partial charge in [-0.2, -0.15) is 0 Å². The fourth-order valence-electron chi connectivity index (χ4n) is 7.58. The Morgan fingerprint density at radius 3 is 2.02 bits per heavy atom. The molecule has 0 spiro atoms. The van der Waals surface area contributed by atoms with Crippen LogP contribution in [0.3, 0.4) is 0 Å². The topological polar surface area (TPSA) is 17.8 Å². The number of aromatic nitrogens is 2. The van der Waals surface area contributed by atoms with Crippen LogP contribution in [0.15, 0.2) is 97.1 Å². The van der Waals surface area contributed by atoms with E-state index in [1.54, 1.807) is 0 Å². The first-order valence-electron chi connectivity index (χ1n) is 17.9. The molecule has 2 aromatic heterocycles. The number of hydrogen-bond acceptors (Lipinski definition) is 2. The van der Waals surface area contributed by atoms with Crippen LogP contribution in [0, 0.1) is 0 Å². The van der Waals surface area contributed by atoms with Crippen molar-refractivity contribution < 1.29 is 1.37 Å². The number of hydrogen-bond donors (Lipinski definition) is 0. The third-order valence-electron chi connectivity index (χ3n) is 10.2. The minimum absolute atomic E-state index is 0.332. The van der Waals surface area contributed by atoms with Crippen LogP contribution in [0.4, 0.5) is 0 Å². The third-order valence-corrected chi connectivity index (χ3v) is 11.3. The Bertz CT molecular complexity index is 2550. The molecule has 0 unspecified atom stereocenters. The minimum Gasteiger partial charge on any atom is -0.292 e. The first-order chi connectivity index (χ1) is 23.4. The molecule has 0 amide bonds. The highest BCUT2D eigenvalue weighted by Crippen LogP contribution is 2.47. The van der Waals surface area contributed by atoms with Gasteiger partial charge >= 0.3 is 0 Å². The lowest BCUT2D eigenvalue weighted by molar-refractivity contribution is 0.788. The van der Waals surface area contributed by atoms with Crippen LogP contribution in [-0.4, -0.2) is 9.55 Å². The molecule has 0 bridgehead atoms. The van der Waals surface area contributed by atoms with Crippen molar-refractivity contribution in [2.45, 2.75) is 79.0 Å². The normalized spacial score (nSPS) is 13.0. The maximum Gasteiger partial charge on any atom is 0.147 e. The summed E-state index contributed by atoms with van der Waals surface area (Å²) in [5, 5.41) is 7.42. The van der Waals surface area contributed by atoms with Gasteiger partial charge in [-0.1, -0.05) is 122 Å². The van der Waals surface area contributed by atoms with E-state index in [1.165, 1.54) is 64.1 Å². The molecule has 8 rings (SSSR count). The summed E-state index contributed by atoms with van der Waals surface area (Å²) in [6.45, 7) is 17.9. The average molecular weight is 646 g/mol. The Kier molecular flexibility index (Phi) is 7.16. The molecular formula is C45H44N2S. The van der Waals surface area contributed by atoms with E-state index >= 15 is 0 Å². The van der Waals surface area contributed by atoms with Gasteiger partial charge in [0.25, 0.3) is 0 Å². The van der Waals surface area contributed by atoms with E-state index in [4.69, 9.17) is 4.98 Å². The van der Waals surface area contributed by atoms with E-state index in [-0.39, 0.29) is 0 Å². The smallest absolute Gasteiger partial charge is 0.147 e. The van der Waals surface area contributed by atoms with Gasteiger partial charge in [0.05, 0.1) is 16.7 Å². The molecule has 48 heavy (non-hydrogen) atoms. The molecule has 0 radical (unpaired) electrons. The summed E-state index contributed by atoms with van der Waals surface area (Å²) < 4.78 is 14.2. The number of fused-ring (bicyclic) bond motifs is 7. The summed E-state index contributed by atoms with van der Waals surface area (Å²) >= 11 is 1.84. The summed E-state index contributed by atoms with van der Waals surface area (Å²) in [5.74, 6) is 1.29. The second-order valence-electron chi connectivity index (χ2n) is 14.6. The zero-order chi connectivity index (χ0) is 34.4. The number of benzene rings is 6. The minimum atomic E-state index is -0.772. The molecule has 0 saturated heterocycles. The van der Waals surface area contributed by atoms with E-state index in [9.17, 15) is 1.37 Å². The average Bonchev–Trinajstić information content (AvgIpc) is 3.64. The van der Waals surface area contributed by atoms with Crippen LogP contribution in [0.2, 0.25) is 0 Å². The molecule has 0 N–H and O–H groups in total. The largest absolute Gasteiger partial charge is 0.292 e. The van der Waals surface area contributed by atoms with Crippen molar-refractivity contribution in [2.75, 3.05) is 0 Å². The third kappa shape index (κ3) is 4.77. The van der Waals surface area contributed by atoms with Crippen molar-refractivity contribution >= 4 is 64.1 Å². The van der Waals surface area contributed by atoms with Gasteiger partial charge in [0.2, 0.25) is 0 Å². The predicted molar refractivity (Wildman–Crippen MR) is 211 cm³/mol. The standard InChI is InChI=1S/C45H44N2S/c1-25(2)31-22-35(27(5)6)43(36(23-31)28(7)8)47-40-16-12-11-15-39(40)46-45(47)34-20-19-32(26(3)4)42-38-21-30-18-17-29-13-9-10-14-33(29)37(30)24-41(38)48-44(34)42/h9-28H,1-8H3/i26D. The molecule has 6 aromatic carbocycles. The van der Waals surface area contributed by atoms with Crippen molar-refractivity contribution in [3.05, 3.63) is 119 Å². The van der Waals surface area contributed by atoms with Crippen molar-refractivity contribution in [2.24, 2.45) is 0 Å². The molecule has 0 saturated carbocycles. The maximum atomic E-state index is 9.27. The molecule has 2 nitrogen and oxygen atoms in total. The number of para-hydroxylation sites is 2. The summed E-state index contributed by atoms with van der Waals surface area (Å²) in [6, 6.07) is 35.8. The Labute approximate surface area is 289 Å². The molecule has 0 aliphatic rings. The molecule has 0 atom stereocenters. The van der Waals surface area contributed by atoms with Crippen molar-refractivity contribution in [3.8, 4) is 17.1 Å². The van der Waals surface area contributed by atoms with Gasteiger partial charge in [-0.3, -0.25) is 4.57 Å². The Morgan fingerprint density at radius 2 is 1.31 bits per heavy atom. The molecule has 3 heteroatoms. The fourth-order valence-corrected chi connectivity index (χ4v) is 8.84. The van der Waals surface area contributed by atoms with Crippen LogP contribution >= 0.6 is 11.3 Å². The van der Waals surface area contributed by atoms with Crippen LogP contribution in [0.5, 0.6) is 0 Å². The SMILES string of the molecule is [2H]C(C)(C)c1ccc(-c2nc3ccccc3n2-c2c(C(C)C)cc(C(C)C)cc2C(C)C)c2sc3cc4c(ccc5ccccc54)cc3c12. The number of nitrogens with zero attached hydrogens (tertiary/aromatic N) is 2. The molecule has 0 aliphatic carbocycles. The second-order valence-corrected chi connectivity index (χ2v) is 15.6.